The van der Waals surface area contributed by atoms with Gasteiger partial charge in [-0.3, -0.25) is 4.79 Å². The molecule has 18 heavy (non-hydrogen) atoms. The molecule has 0 radical (unpaired) electrons. The lowest BCUT2D eigenvalue weighted by Gasteiger charge is -2.03. The largest absolute Gasteiger partial charge is 0.325 e. The average Bonchev–Trinajstić information content (AvgIpc) is 2.76. The third-order valence-corrected chi connectivity index (χ3v) is 3.75. The van der Waals surface area contributed by atoms with E-state index in [1.165, 1.54) is 17.5 Å². The maximum Gasteiger partial charge on any atom is 0.224 e. The number of thiophene rings is 1. The van der Waals surface area contributed by atoms with Crippen LogP contribution >= 0.6 is 34.5 Å². The predicted octanol–water partition coefficient (Wildman–Crippen LogP) is 4.02. The molecule has 2 aromatic heterocycles. The fourth-order valence-electron chi connectivity index (χ4n) is 1.40. The maximum atomic E-state index is 11.7. The van der Waals surface area contributed by atoms with Gasteiger partial charge in [0.2, 0.25) is 5.91 Å². The molecule has 94 valence electrons. The predicted molar refractivity (Wildman–Crippen MR) is 75.5 cm³/mol. The Morgan fingerprint density at radius 3 is 2.72 bits per heavy atom. The molecule has 0 aromatic carbocycles. The van der Waals surface area contributed by atoms with Gasteiger partial charge in [-0.2, -0.15) is 0 Å². The van der Waals surface area contributed by atoms with Gasteiger partial charge in [-0.25, -0.2) is 4.98 Å². The fourth-order valence-corrected chi connectivity index (χ4v) is 2.59. The lowest BCUT2D eigenvalue weighted by atomic mass is 10.2. The van der Waals surface area contributed by atoms with E-state index >= 15 is 0 Å². The molecule has 2 rings (SSSR count). The number of nitrogens with one attached hydrogen (secondary N) is 1. The molecule has 0 aliphatic heterocycles. The summed E-state index contributed by atoms with van der Waals surface area (Å²) in [5.74, 6) is -0.0522. The van der Waals surface area contributed by atoms with Crippen LogP contribution in [-0.2, 0) is 11.2 Å². The number of carbonyl (C=O) groups excluding carboxylic acids is 1. The normalized spacial score (nSPS) is 10.3. The highest BCUT2D eigenvalue weighted by Gasteiger charge is 2.05. The molecule has 1 N–H and O–H groups in total. The lowest BCUT2D eigenvalue weighted by molar-refractivity contribution is -0.116. The SMILES string of the molecule is O=C(CCc1ccc(Cl)s1)Nc1ccc(Cl)nc1. The van der Waals surface area contributed by atoms with Crippen molar-refractivity contribution in [3.63, 3.8) is 0 Å². The Balaban J connectivity index is 1.83. The maximum absolute atomic E-state index is 11.7. The Labute approximate surface area is 119 Å². The number of halogens is 2. The highest BCUT2D eigenvalue weighted by Crippen LogP contribution is 2.22. The number of amides is 1. The minimum Gasteiger partial charge on any atom is -0.325 e. The molecular formula is C12H10Cl2N2OS. The third-order valence-electron chi connectivity index (χ3n) is 2.24. The summed E-state index contributed by atoms with van der Waals surface area (Å²) in [5, 5.41) is 3.16. The Kier molecular flexibility index (Phi) is 4.58. The van der Waals surface area contributed by atoms with Gasteiger partial charge in [0.15, 0.2) is 0 Å². The van der Waals surface area contributed by atoms with Gasteiger partial charge in [0.05, 0.1) is 16.2 Å². The van der Waals surface area contributed by atoms with Crippen molar-refractivity contribution in [2.45, 2.75) is 12.8 Å². The van der Waals surface area contributed by atoms with Crippen LogP contribution in [0.15, 0.2) is 30.5 Å². The second-order valence-electron chi connectivity index (χ2n) is 3.62. The average molecular weight is 301 g/mol. The van der Waals surface area contributed by atoms with Crippen LogP contribution in [0.25, 0.3) is 0 Å². The number of pyridine rings is 1. The van der Waals surface area contributed by atoms with Crippen LogP contribution in [0.3, 0.4) is 0 Å². The lowest BCUT2D eigenvalue weighted by Crippen LogP contribution is -2.12. The second kappa shape index (κ2) is 6.18. The Morgan fingerprint density at radius 1 is 1.28 bits per heavy atom. The van der Waals surface area contributed by atoms with Crippen molar-refractivity contribution < 1.29 is 4.79 Å². The Bertz CT molecular complexity index is 539. The molecule has 0 atom stereocenters. The van der Waals surface area contributed by atoms with Crippen LogP contribution in [0.4, 0.5) is 5.69 Å². The number of rotatable bonds is 4. The van der Waals surface area contributed by atoms with E-state index in [1.54, 1.807) is 12.1 Å². The standard InChI is InChI=1S/C12H10Cl2N2OS/c13-10-4-1-8(7-15-10)16-12(17)6-3-9-2-5-11(14)18-9/h1-2,4-5,7H,3,6H2,(H,16,17). The van der Waals surface area contributed by atoms with E-state index in [9.17, 15) is 4.79 Å². The van der Waals surface area contributed by atoms with E-state index in [4.69, 9.17) is 23.2 Å². The molecule has 0 saturated carbocycles. The molecular weight excluding hydrogens is 291 g/mol. The smallest absolute Gasteiger partial charge is 0.224 e. The number of aromatic nitrogens is 1. The molecule has 0 fully saturated rings. The van der Waals surface area contributed by atoms with Crippen molar-refractivity contribution in [3.8, 4) is 0 Å². The van der Waals surface area contributed by atoms with Crippen LogP contribution in [0.5, 0.6) is 0 Å². The summed E-state index contributed by atoms with van der Waals surface area (Å²) < 4.78 is 0.743. The monoisotopic (exact) mass is 300 g/mol. The molecule has 0 spiro atoms. The zero-order chi connectivity index (χ0) is 13.0. The molecule has 0 aliphatic carbocycles. The first-order chi connectivity index (χ1) is 8.63. The van der Waals surface area contributed by atoms with Gasteiger partial charge in [-0.1, -0.05) is 23.2 Å². The van der Waals surface area contributed by atoms with Gasteiger partial charge in [-0.05, 0) is 30.7 Å². The van der Waals surface area contributed by atoms with E-state index in [0.29, 0.717) is 23.7 Å². The minimum absolute atomic E-state index is 0.0522. The van der Waals surface area contributed by atoms with Gasteiger partial charge >= 0.3 is 0 Å². The summed E-state index contributed by atoms with van der Waals surface area (Å²) in [7, 11) is 0. The number of hydrogen-bond donors (Lipinski definition) is 1. The van der Waals surface area contributed by atoms with Crippen LogP contribution in [0.1, 0.15) is 11.3 Å². The first kappa shape index (κ1) is 13.3. The van der Waals surface area contributed by atoms with Crippen molar-refractivity contribution in [3.05, 3.63) is 44.8 Å². The fraction of sp³-hybridized carbons (Fsp3) is 0.167. The zero-order valence-electron chi connectivity index (χ0n) is 9.32. The van der Waals surface area contributed by atoms with E-state index < -0.39 is 0 Å². The summed E-state index contributed by atoms with van der Waals surface area (Å²) in [4.78, 5) is 16.7. The molecule has 1 amide bonds. The summed E-state index contributed by atoms with van der Waals surface area (Å²) in [6.07, 6.45) is 2.63. The van der Waals surface area contributed by atoms with E-state index in [2.05, 4.69) is 10.3 Å². The summed E-state index contributed by atoms with van der Waals surface area (Å²) in [6.45, 7) is 0. The molecule has 6 heteroatoms. The first-order valence-electron chi connectivity index (χ1n) is 5.29. The van der Waals surface area contributed by atoms with Crippen molar-refractivity contribution in [1.82, 2.24) is 4.98 Å². The van der Waals surface area contributed by atoms with Crippen molar-refractivity contribution in [2.75, 3.05) is 5.32 Å². The number of anilines is 1. The molecule has 0 saturated heterocycles. The molecule has 3 nitrogen and oxygen atoms in total. The van der Waals surface area contributed by atoms with Gasteiger partial charge in [0.25, 0.3) is 0 Å². The number of hydrogen-bond acceptors (Lipinski definition) is 3. The van der Waals surface area contributed by atoms with E-state index in [-0.39, 0.29) is 5.91 Å². The quantitative estimate of drug-likeness (QED) is 0.867. The van der Waals surface area contributed by atoms with Crippen LogP contribution in [0, 0.1) is 0 Å². The Hall–Kier alpha value is -1.10. The van der Waals surface area contributed by atoms with E-state index in [0.717, 1.165) is 9.21 Å². The van der Waals surface area contributed by atoms with Gasteiger partial charge in [0, 0.05) is 11.3 Å². The van der Waals surface area contributed by atoms with Gasteiger partial charge in [-0.15, -0.1) is 11.3 Å². The van der Waals surface area contributed by atoms with Crippen molar-refractivity contribution >= 4 is 46.1 Å². The summed E-state index contributed by atoms with van der Waals surface area (Å²) >= 11 is 13.0. The Morgan fingerprint density at radius 2 is 2.11 bits per heavy atom. The van der Waals surface area contributed by atoms with Crippen molar-refractivity contribution in [2.24, 2.45) is 0 Å². The first-order valence-corrected chi connectivity index (χ1v) is 6.86. The minimum atomic E-state index is -0.0522. The molecule has 0 unspecified atom stereocenters. The van der Waals surface area contributed by atoms with Crippen LogP contribution in [0.2, 0.25) is 9.49 Å². The van der Waals surface area contributed by atoms with Crippen LogP contribution in [-0.4, -0.2) is 10.9 Å². The third kappa shape index (κ3) is 3.98. The highest BCUT2D eigenvalue weighted by molar-refractivity contribution is 7.16. The molecule has 0 aliphatic rings. The summed E-state index contributed by atoms with van der Waals surface area (Å²) in [6, 6.07) is 7.12. The number of aryl methyl sites for hydroxylation is 1. The zero-order valence-corrected chi connectivity index (χ0v) is 11.6. The van der Waals surface area contributed by atoms with Crippen molar-refractivity contribution in [1.29, 1.82) is 0 Å². The van der Waals surface area contributed by atoms with E-state index in [1.807, 2.05) is 12.1 Å². The molecule has 2 heterocycles. The molecule has 0 bridgehead atoms. The molecule has 2 aromatic rings. The van der Waals surface area contributed by atoms with Gasteiger partial charge < -0.3 is 5.32 Å². The number of nitrogens with zero attached hydrogens (tertiary/aromatic N) is 1. The topological polar surface area (TPSA) is 42.0 Å². The van der Waals surface area contributed by atoms with Crippen LogP contribution < -0.4 is 5.32 Å². The highest BCUT2D eigenvalue weighted by atomic mass is 35.5. The number of carbonyl (C=O) groups is 1. The second-order valence-corrected chi connectivity index (χ2v) is 5.81. The summed E-state index contributed by atoms with van der Waals surface area (Å²) in [5.41, 5.74) is 0.647. The van der Waals surface area contributed by atoms with Gasteiger partial charge in [0.1, 0.15) is 5.15 Å².